The van der Waals surface area contributed by atoms with E-state index in [2.05, 4.69) is 10.6 Å². The molecular formula is C16H21ClN2O3. The lowest BCUT2D eigenvalue weighted by Gasteiger charge is -2.30. The Kier molecular flexibility index (Phi) is 4.45. The number of ether oxygens (including phenoxy) is 2. The number of para-hydroxylation sites is 1. The first-order valence-electron chi connectivity index (χ1n) is 7.75. The molecule has 0 saturated carbocycles. The molecule has 2 atom stereocenters. The molecule has 22 heavy (non-hydrogen) atoms. The Labute approximate surface area is 136 Å². The fourth-order valence-corrected chi connectivity index (χ4v) is 3.69. The molecule has 5 nitrogen and oxygen atoms in total. The van der Waals surface area contributed by atoms with Gasteiger partial charge in [-0.25, -0.2) is 0 Å². The number of hydrogen-bond donors (Lipinski definition) is 2. The van der Waals surface area contributed by atoms with E-state index >= 15 is 0 Å². The van der Waals surface area contributed by atoms with E-state index in [9.17, 15) is 4.79 Å². The van der Waals surface area contributed by atoms with Gasteiger partial charge in [0.05, 0.1) is 5.56 Å². The van der Waals surface area contributed by atoms with Gasteiger partial charge in [0.25, 0.3) is 5.91 Å². The van der Waals surface area contributed by atoms with Crippen LogP contribution < -0.4 is 20.1 Å². The van der Waals surface area contributed by atoms with Crippen molar-refractivity contribution in [2.75, 3.05) is 13.2 Å². The zero-order chi connectivity index (χ0) is 14.2. The minimum Gasteiger partial charge on any atom is -0.486 e. The van der Waals surface area contributed by atoms with E-state index in [-0.39, 0.29) is 24.4 Å². The molecule has 3 aliphatic heterocycles. The predicted molar refractivity (Wildman–Crippen MR) is 85.1 cm³/mol. The Morgan fingerprint density at radius 3 is 2.64 bits per heavy atom. The van der Waals surface area contributed by atoms with Crippen LogP contribution in [0.1, 0.15) is 36.0 Å². The van der Waals surface area contributed by atoms with Gasteiger partial charge in [-0.2, -0.15) is 0 Å². The monoisotopic (exact) mass is 324 g/mol. The van der Waals surface area contributed by atoms with Gasteiger partial charge >= 0.3 is 0 Å². The van der Waals surface area contributed by atoms with Crippen LogP contribution in [-0.4, -0.2) is 37.2 Å². The molecule has 0 radical (unpaired) electrons. The maximum atomic E-state index is 12.6. The Bertz CT molecular complexity index is 554. The highest BCUT2D eigenvalue weighted by molar-refractivity contribution is 5.98. The van der Waals surface area contributed by atoms with Crippen molar-refractivity contribution in [3.63, 3.8) is 0 Å². The smallest absolute Gasteiger partial charge is 0.255 e. The molecule has 3 heterocycles. The van der Waals surface area contributed by atoms with Crippen LogP contribution in [0.4, 0.5) is 0 Å². The number of carbonyl (C=O) groups excluding carboxylic acids is 1. The second-order valence-corrected chi connectivity index (χ2v) is 6.11. The molecule has 1 aromatic rings. The van der Waals surface area contributed by atoms with E-state index in [4.69, 9.17) is 9.47 Å². The number of hydrogen-bond acceptors (Lipinski definition) is 4. The second kappa shape index (κ2) is 6.34. The number of fused-ring (bicyclic) bond motifs is 3. The zero-order valence-electron chi connectivity index (χ0n) is 12.3. The van der Waals surface area contributed by atoms with Crippen LogP contribution in [0.15, 0.2) is 18.2 Å². The van der Waals surface area contributed by atoms with Gasteiger partial charge in [-0.05, 0) is 37.8 Å². The minimum atomic E-state index is -0.0522. The Morgan fingerprint density at radius 2 is 1.86 bits per heavy atom. The second-order valence-electron chi connectivity index (χ2n) is 6.11. The van der Waals surface area contributed by atoms with E-state index in [0.29, 0.717) is 42.4 Å². The Balaban J connectivity index is 0.00000144. The Morgan fingerprint density at radius 1 is 1.14 bits per heavy atom. The minimum absolute atomic E-state index is 0. The molecule has 4 rings (SSSR count). The molecule has 1 amide bonds. The van der Waals surface area contributed by atoms with E-state index in [1.54, 1.807) is 6.07 Å². The van der Waals surface area contributed by atoms with Crippen LogP contribution in [0.3, 0.4) is 0 Å². The molecule has 2 N–H and O–H groups in total. The zero-order valence-corrected chi connectivity index (χ0v) is 13.2. The van der Waals surface area contributed by atoms with Crippen molar-refractivity contribution in [1.29, 1.82) is 0 Å². The summed E-state index contributed by atoms with van der Waals surface area (Å²) >= 11 is 0. The van der Waals surface area contributed by atoms with Crippen LogP contribution in [0.2, 0.25) is 0 Å². The maximum Gasteiger partial charge on any atom is 0.255 e. The number of amides is 1. The summed E-state index contributed by atoms with van der Waals surface area (Å²) in [6.45, 7) is 1.03. The summed E-state index contributed by atoms with van der Waals surface area (Å²) in [5.74, 6) is 1.20. The molecule has 6 heteroatoms. The molecule has 3 aliphatic rings. The van der Waals surface area contributed by atoms with E-state index in [0.717, 1.165) is 12.8 Å². The molecule has 0 aliphatic carbocycles. The lowest BCUT2D eigenvalue weighted by molar-refractivity contribution is 0.0913. The number of piperidine rings is 1. The summed E-state index contributed by atoms with van der Waals surface area (Å²) in [6, 6.07) is 6.89. The van der Waals surface area contributed by atoms with Crippen LogP contribution >= 0.6 is 12.4 Å². The van der Waals surface area contributed by atoms with E-state index in [1.807, 2.05) is 12.1 Å². The van der Waals surface area contributed by atoms with Crippen molar-refractivity contribution in [3.8, 4) is 11.5 Å². The topological polar surface area (TPSA) is 59.6 Å². The highest BCUT2D eigenvalue weighted by Crippen LogP contribution is 2.34. The first-order chi connectivity index (χ1) is 10.3. The van der Waals surface area contributed by atoms with E-state index in [1.165, 1.54) is 12.8 Å². The van der Waals surface area contributed by atoms with Crippen LogP contribution in [0.25, 0.3) is 0 Å². The van der Waals surface area contributed by atoms with Gasteiger partial charge in [0, 0.05) is 18.1 Å². The van der Waals surface area contributed by atoms with Crippen molar-refractivity contribution >= 4 is 18.3 Å². The largest absolute Gasteiger partial charge is 0.486 e. The molecule has 0 aromatic heterocycles. The predicted octanol–water partition coefficient (Wildman–Crippen LogP) is 1.89. The first kappa shape index (κ1) is 15.4. The molecule has 2 bridgehead atoms. The van der Waals surface area contributed by atoms with E-state index < -0.39 is 0 Å². The SMILES string of the molecule is Cl.O=C(NC1CC2CCC(C1)N2)c1cccc2c1OCCO2. The quantitative estimate of drug-likeness (QED) is 0.872. The third-order valence-corrected chi connectivity index (χ3v) is 4.62. The van der Waals surface area contributed by atoms with Crippen LogP contribution in [0, 0.1) is 0 Å². The molecular weight excluding hydrogens is 304 g/mol. The molecule has 0 spiro atoms. The fraction of sp³-hybridized carbons (Fsp3) is 0.562. The van der Waals surface area contributed by atoms with Crippen molar-refractivity contribution < 1.29 is 14.3 Å². The van der Waals surface area contributed by atoms with Gasteiger partial charge in [0.2, 0.25) is 0 Å². The first-order valence-corrected chi connectivity index (χ1v) is 7.75. The number of halogens is 1. The molecule has 2 saturated heterocycles. The molecule has 2 unspecified atom stereocenters. The van der Waals surface area contributed by atoms with Gasteiger partial charge in [0.1, 0.15) is 13.2 Å². The average molecular weight is 325 g/mol. The summed E-state index contributed by atoms with van der Waals surface area (Å²) in [5, 5.41) is 6.76. The number of carbonyl (C=O) groups is 1. The van der Waals surface area contributed by atoms with Gasteiger partial charge in [-0.1, -0.05) is 6.07 Å². The van der Waals surface area contributed by atoms with Crippen LogP contribution in [-0.2, 0) is 0 Å². The molecule has 2 fully saturated rings. The normalized spacial score (nSPS) is 28.6. The highest BCUT2D eigenvalue weighted by Gasteiger charge is 2.34. The number of benzene rings is 1. The van der Waals surface area contributed by atoms with Crippen molar-refractivity contribution in [2.24, 2.45) is 0 Å². The van der Waals surface area contributed by atoms with Gasteiger partial charge in [-0.3, -0.25) is 4.79 Å². The fourth-order valence-electron chi connectivity index (χ4n) is 3.69. The third kappa shape index (κ3) is 2.88. The summed E-state index contributed by atoms with van der Waals surface area (Å²) in [6.07, 6.45) is 4.51. The standard InChI is InChI=1S/C16H20N2O3.ClH/c19-16(18-12-8-10-4-5-11(9-12)17-10)13-2-1-3-14-15(13)21-7-6-20-14;/h1-3,10-12,17H,4-9H2,(H,18,19);1H. The highest BCUT2D eigenvalue weighted by atomic mass is 35.5. The summed E-state index contributed by atoms with van der Waals surface area (Å²) in [4.78, 5) is 12.6. The third-order valence-electron chi connectivity index (χ3n) is 4.62. The number of rotatable bonds is 2. The Hall–Kier alpha value is -1.46. The van der Waals surface area contributed by atoms with Crippen molar-refractivity contribution in [1.82, 2.24) is 10.6 Å². The summed E-state index contributed by atoms with van der Waals surface area (Å²) in [7, 11) is 0. The van der Waals surface area contributed by atoms with Gasteiger partial charge < -0.3 is 20.1 Å². The molecule has 1 aromatic carbocycles. The lowest BCUT2D eigenvalue weighted by Crippen LogP contribution is -2.48. The lowest BCUT2D eigenvalue weighted by atomic mass is 9.99. The number of nitrogens with one attached hydrogen (secondary N) is 2. The maximum absolute atomic E-state index is 12.6. The van der Waals surface area contributed by atoms with Gasteiger partial charge in [-0.15, -0.1) is 12.4 Å². The van der Waals surface area contributed by atoms with Crippen molar-refractivity contribution in [2.45, 2.75) is 43.8 Å². The summed E-state index contributed by atoms with van der Waals surface area (Å²) < 4.78 is 11.2. The average Bonchev–Trinajstić information content (AvgIpc) is 2.85. The van der Waals surface area contributed by atoms with Gasteiger partial charge in [0.15, 0.2) is 11.5 Å². The van der Waals surface area contributed by atoms with Crippen molar-refractivity contribution in [3.05, 3.63) is 23.8 Å². The van der Waals surface area contributed by atoms with Crippen LogP contribution in [0.5, 0.6) is 11.5 Å². The summed E-state index contributed by atoms with van der Waals surface area (Å²) in [5.41, 5.74) is 0.582. The molecule has 120 valence electrons.